The first-order chi connectivity index (χ1) is 14.0. The number of hydrogen-bond acceptors (Lipinski definition) is 7. The van der Waals surface area contributed by atoms with Crippen LogP contribution < -0.4 is 16.0 Å². The molecule has 1 fully saturated rings. The number of nitrogens with two attached hydrogens (primary N) is 1. The molecule has 2 aromatic carbocycles. The first-order valence-corrected chi connectivity index (χ1v) is 10.0. The highest BCUT2D eigenvalue weighted by atomic mass is 35.5. The maximum atomic E-state index is 6.32. The van der Waals surface area contributed by atoms with E-state index in [9.17, 15) is 0 Å². The van der Waals surface area contributed by atoms with Crippen molar-refractivity contribution in [1.82, 2.24) is 4.90 Å². The highest BCUT2D eigenvalue weighted by molar-refractivity contribution is 6.31. The third kappa shape index (κ3) is 4.31. The zero-order valence-corrected chi connectivity index (χ0v) is 17.4. The van der Waals surface area contributed by atoms with Crippen molar-refractivity contribution >= 4 is 34.9 Å². The minimum absolute atomic E-state index is 0.242. The first-order valence-electron chi connectivity index (χ1n) is 9.64. The van der Waals surface area contributed by atoms with Crippen LogP contribution in [-0.2, 0) is 4.74 Å². The van der Waals surface area contributed by atoms with Crippen LogP contribution in [0.1, 0.15) is 11.1 Å². The highest BCUT2D eigenvalue weighted by Gasteiger charge is 2.32. The summed E-state index contributed by atoms with van der Waals surface area (Å²) in [6.07, 6.45) is -0.453. The molecule has 3 N–H and O–H groups in total. The third-order valence-electron chi connectivity index (χ3n) is 4.97. The van der Waals surface area contributed by atoms with Gasteiger partial charge >= 0.3 is 0 Å². The predicted molar refractivity (Wildman–Crippen MR) is 119 cm³/mol. The Balaban J connectivity index is 1.73. The normalized spacial score (nSPS) is 19.6. The van der Waals surface area contributed by atoms with Gasteiger partial charge in [-0.1, -0.05) is 29.8 Å². The second-order valence-electron chi connectivity index (χ2n) is 7.19. The Hall–Kier alpha value is -2.77. The summed E-state index contributed by atoms with van der Waals surface area (Å²) in [5.41, 5.74) is 10.1. The molecule has 152 valence electrons. The number of guanidine groups is 2. The van der Waals surface area contributed by atoms with E-state index in [4.69, 9.17) is 22.1 Å². The second kappa shape index (κ2) is 8.31. The van der Waals surface area contributed by atoms with Gasteiger partial charge in [-0.05, 0) is 49.2 Å². The number of nitrogens with zero attached hydrogens (tertiary/aromatic N) is 4. The quantitative estimate of drug-likeness (QED) is 0.809. The number of aliphatic imine (C=N–C) groups is 2. The van der Waals surface area contributed by atoms with Gasteiger partial charge in [-0.25, -0.2) is 4.99 Å². The predicted octanol–water partition coefficient (Wildman–Crippen LogP) is 3.18. The van der Waals surface area contributed by atoms with Crippen LogP contribution in [0.15, 0.2) is 52.4 Å². The maximum absolute atomic E-state index is 6.32. The zero-order chi connectivity index (χ0) is 20.4. The minimum Gasteiger partial charge on any atom is -0.378 e. The van der Waals surface area contributed by atoms with E-state index in [-0.39, 0.29) is 5.96 Å². The molecule has 29 heavy (non-hydrogen) atoms. The van der Waals surface area contributed by atoms with Crippen molar-refractivity contribution < 1.29 is 4.74 Å². The second-order valence-corrected chi connectivity index (χ2v) is 7.60. The first kappa shape index (κ1) is 19.5. The molecule has 0 radical (unpaired) electrons. The number of morpholine rings is 1. The van der Waals surface area contributed by atoms with Gasteiger partial charge in [0.15, 0.2) is 0 Å². The van der Waals surface area contributed by atoms with Crippen LogP contribution in [0.3, 0.4) is 0 Å². The Morgan fingerprint density at radius 1 is 1.14 bits per heavy atom. The summed E-state index contributed by atoms with van der Waals surface area (Å²) in [4.78, 5) is 13.4. The van der Waals surface area contributed by atoms with Gasteiger partial charge in [0.2, 0.25) is 18.2 Å². The molecule has 0 bridgehead atoms. The molecule has 1 saturated heterocycles. The van der Waals surface area contributed by atoms with Crippen LogP contribution in [-0.4, -0.2) is 49.4 Å². The summed E-state index contributed by atoms with van der Waals surface area (Å²) in [6.45, 7) is 6.85. The molecule has 0 saturated carbocycles. The Bertz CT molecular complexity index is 954. The van der Waals surface area contributed by atoms with E-state index in [1.165, 1.54) is 0 Å². The van der Waals surface area contributed by atoms with Crippen LogP contribution in [0.25, 0.3) is 0 Å². The Morgan fingerprint density at radius 2 is 1.93 bits per heavy atom. The Labute approximate surface area is 175 Å². The fraction of sp³-hybridized carbons (Fsp3) is 0.333. The topological polar surface area (TPSA) is 78.5 Å². The van der Waals surface area contributed by atoms with E-state index in [1.807, 2.05) is 31.2 Å². The molecule has 8 heteroatoms. The molecule has 1 atom stereocenters. The molecule has 4 rings (SSSR count). The summed E-state index contributed by atoms with van der Waals surface area (Å²) in [6, 6.07) is 14.1. The summed E-state index contributed by atoms with van der Waals surface area (Å²) >= 11 is 6.32. The van der Waals surface area contributed by atoms with Gasteiger partial charge in [0, 0.05) is 29.5 Å². The van der Waals surface area contributed by atoms with E-state index in [1.54, 1.807) is 0 Å². The number of rotatable bonds is 3. The van der Waals surface area contributed by atoms with Gasteiger partial charge in [0.1, 0.15) is 0 Å². The van der Waals surface area contributed by atoms with Crippen LogP contribution in [0.4, 0.5) is 11.4 Å². The molecular formula is C21H25ClN6O. The molecule has 2 heterocycles. The number of ether oxygens (including phenoxy) is 1. The van der Waals surface area contributed by atoms with Gasteiger partial charge in [-0.3, -0.25) is 4.90 Å². The van der Waals surface area contributed by atoms with Crippen molar-refractivity contribution in [2.45, 2.75) is 20.1 Å². The highest BCUT2D eigenvalue weighted by Crippen LogP contribution is 2.27. The lowest BCUT2D eigenvalue weighted by Gasteiger charge is -2.41. The summed E-state index contributed by atoms with van der Waals surface area (Å²) < 4.78 is 5.52. The van der Waals surface area contributed by atoms with Gasteiger partial charge in [-0.15, -0.1) is 0 Å². The van der Waals surface area contributed by atoms with Crippen molar-refractivity contribution in [2.24, 2.45) is 15.7 Å². The summed E-state index contributed by atoms with van der Waals surface area (Å²) in [5, 5.41) is 4.15. The van der Waals surface area contributed by atoms with Gasteiger partial charge in [0.05, 0.1) is 13.2 Å². The molecule has 0 aromatic heterocycles. The molecule has 0 amide bonds. The van der Waals surface area contributed by atoms with Crippen LogP contribution in [0.2, 0.25) is 5.02 Å². The van der Waals surface area contributed by atoms with E-state index in [0.29, 0.717) is 18.2 Å². The molecule has 2 aliphatic heterocycles. The van der Waals surface area contributed by atoms with Crippen LogP contribution in [0, 0.1) is 13.8 Å². The lowest BCUT2D eigenvalue weighted by molar-refractivity contribution is 0.0671. The van der Waals surface area contributed by atoms with E-state index >= 15 is 0 Å². The van der Waals surface area contributed by atoms with Crippen molar-refractivity contribution in [1.29, 1.82) is 0 Å². The molecular weight excluding hydrogens is 388 g/mol. The van der Waals surface area contributed by atoms with Crippen molar-refractivity contribution in [2.75, 3.05) is 36.5 Å². The van der Waals surface area contributed by atoms with E-state index < -0.39 is 6.29 Å². The largest absolute Gasteiger partial charge is 0.378 e. The van der Waals surface area contributed by atoms with E-state index in [2.05, 4.69) is 50.2 Å². The summed E-state index contributed by atoms with van der Waals surface area (Å²) in [7, 11) is 0. The minimum atomic E-state index is -0.453. The Morgan fingerprint density at radius 3 is 2.66 bits per heavy atom. The molecule has 0 aliphatic carbocycles. The summed E-state index contributed by atoms with van der Waals surface area (Å²) in [5.74, 6) is 1.01. The van der Waals surface area contributed by atoms with Crippen LogP contribution in [0.5, 0.6) is 0 Å². The van der Waals surface area contributed by atoms with Crippen molar-refractivity contribution in [3.8, 4) is 0 Å². The van der Waals surface area contributed by atoms with Crippen molar-refractivity contribution in [3.63, 3.8) is 0 Å². The molecule has 1 unspecified atom stereocenters. The zero-order valence-electron chi connectivity index (χ0n) is 16.6. The molecule has 7 nitrogen and oxygen atoms in total. The smallest absolute Gasteiger partial charge is 0.222 e. The Kier molecular flexibility index (Phi) is 5.60. The lowest BCUT2D eigenvalue weighted by atomic mass is 10.2. The molecule has 2 aliphatic rings. The average molecular weight is 413 g/mol. The lowest BCUT2D eigenvalue weighted by Crippen LogP contribution is -2.57. The van der Waals surface area contributed by atoms with Gasteiger partial charge in [-0.2, -0.15) is 4.99 Å². The molecule has 2 aromatic rings. The van der Waals surface area contributed by atoms with Gasteiger partial charge < -0.3 is 20.7 Å². The fourth-order valence-corrected chi connectivity index (χ4v) is 3.61. The number of benzene rings is 2. The number of hydrogen-bond donors (Lipinski definition) is 2. The third-order valence-corrected chi connectivity index (χ3v) is 5.38. The standard InChI is InChI=1S/C21H25ClN6O/c1-14-4-3-5-17(12-14)28-20(24-16-7-6-15(2)18(22)13-16)25-19(23)26-21(28)27-8-10-29-11-9-27/h3-7,12-13,20,24H,8-11H2,1-2H3,(H2,23,25). The monoisotopic (exact) mass is 412 g/mol. The number of nitrogens with one attached hydrogen (secondary N) is 1. The fourth-order valence-electron chi connectivity index (χ4n) is 3.43. The van der Waals surface area contributed by atoms with Gasteiger partial charge in [0.25, 0.3) is 0 Å². The average Bonchev–Trinajstić information content (AvgIpc) is 2.71. The van der Waals surface area contributed by atoms with E-state index in [0.717, 1.165) is 41.6 Å². The SMILES string of the molecule is Cc1cccc(N2C(N3CCOCC3)=NC(N)=NC2Nc2ccc(C)c(Cl)c2)c1. The number of aryl methyl sites for hydroxylation is 2. The molecule has 0 spiro atoms. The van der Waals surface area contributed by atoms with Crippen LogP contribution >= 0.6 is 11.6 Å². The van der Waals surface area contributed by atoms with Crippen molar-refractivity contribution in [3.05, 3.63) is 58.6 Å². The number of anilines is 2. The maximum Gasteiger partial charge on any atom is 0.222 e. The number of halogens is 1.